The fraction of sp³-hybridized carbons (Fsp3) is 0.125. The highest BCUT2D eigenvalue weighted by atomic mass is 16.5. The summed E-state index contributed by atoms with van der Waals surface area (Å²) in [5.74, 6) is -0.0331. The summed E-state index contributed by atoms with van der Waals surface area (Å²) in [5.41, 5.74) is 1.70. The molecule has 2 atom stereocenters. The Morgan fingerprint density at radius 3 is 2.37 bits per heavy atom. The molecule has 0 bridgehead atoms. The predicted molar refractivity (Wildman–Crippen MR) is 70.2 cm³/mol. The van der Waals surface area contributed by atoms with Crippen LogP contribution in [-0.4, -0.2) is 18.2 Å². The molecule has 1 aliphatic heterocycles. The van der Waals surface area contributed by atoms with Gasteiger partial charge in [-0.2, -0.15) is 0 Å². The first-order chi connectivity index (χ1) is 9.31. The molecule has 0 aromatic heterocycles. The maximum Gasteiger partial charge on any atom is 0.212 e. The highest BCUT2D eigenvalue weighted by Crippen LogP contribution is 2.37. The second-order valence-electron chi connectivity index (χ2n) is 4.46. The number of aldehydes is 1. The van der Waals surface area contributed by atoms with Crippen molar-refractivity contribution in [2.24, 2.45) is 0 Å². The van der Waals surface area contributed by atoms with E-state index in [1.165, 1.54) is 0 Å². The summed E-state index contributed by atoms with van der Waals surface area (Å²) in [4.78, 5) is 23.4. The first-order valence-corrected chi connectivity index (χ1v) is 6.11. The van der Waals surface area contributed by atoms with E-state index < -0.39 is 12.0 Å². The molecule has 1 heterocycles. The van der Waals surface area contributed by atoms with Gasteiger partial charge >= 0.3 is 0 Å². The largest absolute Gasteiger partial charge is 0.475 e. The fourth-order valence-corrected chi connectivity index (χ4v) is 2.42. The fourth-order valence-electron chi connectivity index (χ4n) is 2.42. The molecular formula is C16H12O3. The Hall–Kier alpha value is -2.42. The number of Topliss-reactive ketones (excluding diaryl/α,β-unsaturated/α-hetero) is 1. The Labute approximate surface area is 110 Å². The monoisotopic (exact) mass is 252 g/mol. The molecule has 0 radical (unpaired) electrons. The van der Waals surface area contributed by atoms with E-state index in [4.69, 9.17) is 4.74 Å². The highest BCUT2D eigenvalue weighted by molar-refractivity contribution is 6.04. The van der Waals surface area contributed by atoms with E-state index in [-0.39, 0.29) is 5.78 Å². The zero-order valence-electron chi connectivity index (χ0n) is 10.2. The van der Waals surface area contributed by atoms with E-state index in [1.54, 1.807) is 6.07 Å². The van der Waals surface area contributed by atoms with E-state index >= 15 is 0 Å². The smallest absolute Gasteiger partial charge is 0.212 e. The summed E-state index contributed by atoms with van der Waals surface area (Å²) < 4.78 is 5.43. The lowest BCUT2D eigenvalue weighted by atomic mass is 9.83. The molecule has 0 saturated carbocycles. The quantitative estimate of drug-likeness (QED) is 0.608. The van der Waals surface area contributed by atoms with E-state index in [0.717, 1.165) is 11.1 Å². The number of para-hydroxylation sites is 1. The van der Waals surface area contributed by atoms with Gasteiger partial charge in [-0.1, -0.05) is 48.5 Å². The molecule has 0 spiro atoms. The minimum Gasteiger partial charge on any atom is -0.475 e. The maximum atomic E-state index is 12.4. The average molecular weight is 252 g/mol. The summed E-state index contributed by atoms with van der Waals surface area (Å²) in [6, 6.07) is 16.8. The van der Waals surface area contributed by atoms with E-state index in [2.05, 4.69) is 0 Å². The van der Waals surface area contributed by atoms with Crippen LogP contribution in [0.2, 0.25) is 0 Å². The summed E-state index contributed by atoms with van der Waals surface area (Å²) >= 11 is 0. The van der Waals surface area contributed by atoms with E-state index in [0.29, 0.717) is 12.0 Å². The lowest BCUT2D eigenvalue weighted by Gasteiger charge is -2.28. The van der Waals surface area contributed by atoms with Gasteiger partial charge in [0.15, 0.2) is 12.1 Å². The minimum atomic E-state index is -1.01. The number of fused-ring (bicyclic) bond motifs is 1. The molecule has 0 amide bonds. The van der Waals surface area contributed by atoms with Crippen molar-refractivity contribution in [3.8, 4) is 5.75 Å². The Morgan fingerprint density at radius 2 is 1.63 bits per heavy atom. The third kappa shape index (κ3) is 1.93. The molecule has 0 saturated heterocycles. The van der Waals surface area contributed by atoms with Crippen LogP contribution in [-0.2, 0) is 9.59 Å². The van der Waals surface area contributed by atoms with Crippen LogP contribution in [0.1, 0.15) is 17.0 Å². The number of hydrogen-bond donors (Lipinski definition) is 0. The Morgan fingerprint density at radius 1 is 0.947 bits per heavy atom. The van der Waals surface area contributed by atoms with Gasteiger partial charge in [-0.15, -0.1) is 0 Å². The van der Waals surface area contributed by atoms with Crippen LogP contribution in [0.25, 0.3) is 0 Å². The van der Waals surface area contributed by atoms with Crippen LogP contribution in [0.3, 0.4) is 0 Å². The van der Waals surface area contributed by atoms with Crippen molar-refractivity contribution in [1.29, 1.82) is 0 Å². The summed E-state index contributed by atoms with van der Waals surface area (Å²) in [5, 5.41) is 0. The normalized spacial score (nSPS) is 21.4. The van der Waals surface area contributed by atoms with Gasteiger partial charge in [0, 0.05) is 5.56 Å². The van der Waals surface area contributed by atoms with Gasteiger partial charge in [-0.05, 0) is 11.6 Å². The molecule has 19 heavy (non-hydrogen) atoms. The van der Waals surface area contributed by atoms with Gasteiger partial charge in [0.2, 0.25) is 6.10 Å². The SMILES string of the molecule is O=CC1Oc2ccccc2C(c2ccccc2)C1=O. The maximum absolute atomic E-state index is 12.4. The number of benzene rings is 2. The van der Waals surface area contributed by atoms with Crippen LogP contribution in [0.5, 0.6) is 5.75 Å². The first-order valence-electron chi connectivity index (χ1n) is 6.11. The molecule has 3 heteroatoms. The molecule has 2 aromatic carbocycles. The average Bonchev–Trinajstić information content (AvgIpc) is 2.47. The van der Waals surface area contributed by atoms with Crippen LogP contribution >= 0.6 is 0 Å². The van der Waals surface area contributed by atoms with Crippen LogP contribution < -0.4 is 4.74 Å². The molecule has 94 valence electrons. The molecule has 2 unspecified atom stereocenters. The second kappa shape index (κ2) is 4.69. The van der Waals surface area contributed by atoms with E-state index in [9.17, 15) is 9.59 Å². The Bertz CT molecular complexity index is 619. The molecule has 3 rings (SSSR count). The predicted octanol–water partition coefficient (Wildman–Crippen LogP) is 2.35. The Balaban J connectivity index is 2.16. The van der Waals surface area contributed by atoms with Gasteiger partial charge in [0.25, 0.3) is 0 Å². The number of ether oxygens (including phenoxy) is 1. The number of carbonyl (C=O) groups excluding carboxylic acids is 2. The van der Waals surface area contributed by atoms with Crippen LogP contribution in [0.4, 0.5) is 0 Å². The van der Waals surface area contributed by atoms with Crippen molar-refractivity contribution in [3.63, 3.8) is 0 Å². The standard InChI is InChI=1S/C16H12O3/c17-10-14-16(18)15(11-6-2-1-3-7-11)12-8-4-5-9-13(12)19-14/h1-10,14-15H. The molecule has 3 nitrogen and oxygen atoms in total. The number of rotatable bonds is 2. The van der Waals surface area contributed by atoms with Gasteiger partial charge in [-0.25, -0.2) is 0 Å². The van der Waals surface area contributed by atoms with Crippen molar-refractivity contribution in [2.45, 2.75) is 12.0 Å². The van der Waals surface area contributed by atoms with Crippen LogP contribution in [0, 0.1) is 0 Å². The summed E-state index contributed by atoms with van der Waals surface area (Å²) in [6.07, 6.45) is -0.450. The van der Waals surface area contributed by atoms with Crippen molar-refractivity contribution in [2.75, 3.05) is 0 Å². The van der Waals surface area contributed by atoms with Gasteiger partial charge in [0.05, 0.1) is 5.92 Å². The molecule has 0 fully saturated rings. The zero-order chi connectivity index (χ0) is 13.2. The third-order valence-electron chi connectivity index (χ3n) is 3.31. The van der Waals surface area contributed by atoms with E-state index in [1.807, 2.05) is 48.5 Å². The van der Waals surface area contributed by atoms with Gasteiger partial charge in [-0.3, -0.25) is 9.59 Å². The van der Waals surface area contributed by atoms with Crippen molar-refractivity contribution >= 4 is 12.1 Å². The molecular weight excluding hydrogens is 240 g/mol. The highest BCUT2D eigenvalue weighted by Gasteiger charge is 2.37. The first kappa shape index (κ1) is 11.7. The van der Waals surface area contributed by atoms with Gasteiger partial charge in [0.1, 0.15) is 5.75 Å². The lowest BCUT2D eigenvalue weighted by molar-refractivity contribution is -0.132. The van der Waals surface area contributed by atoms with Crippen molar-refractivity contribution in [3.05, 3.63) is 65.7 Å². The minimum absolute atomic E-state index is 0.208. The lowest BCUT2D eigenvalue weighted by Crippen LogP contribution is -2.38. The van der Waals surface area contributed by atoms with Crippen molar-refractivity contribution < 1.29 is 14.3 Å². The van der Waals surface area contributed by atoms with Crippen LogP contribution in [0.15, 0.2) is 54.6 Å². The number of carbonyl (C=O) groups is 2. The number of ketones is 1. The Kier molecular flexibility index (Phi) is 2.88. The van der Waals surface area contributed by atoms with Gasteiger partial charge < -0.3 is 4.74 Å². The molecule has 0 aliphatic carbocycles. The molecule has 2 aromatic rings. The zero-order valence-corrected chi connectivity index (χ0v) is 10.2. The van der Waals surface area contributed by atoms with Crippen molar-refractivity contribution in [1.82, 2.24) is 0 Å². The molecule has 1 aliphatic rings. The second-order valence-corrected chi connectivity index (χ2v) is 4.46. The molecule has 0 N–H and O–H groups in total. The third-order valence-corrected chi connectivity index (χ3v) is 3.31. The number of hydrogen-bond acceptors (Lipinski definition) is 3. The topological polar surface area (TPSA) is 43.4 Å². The summed E-state index contributed by atoms with van der Waals surface area (Å²) in [7, 11) is 0. The summed E-state index contributed by atoms with van der Waals surface area (Å²) in [6.45, 7) is 0.